The smallest absolute Gasteiger partial charge is 0.298 e. The summed E-state index contributed by atoms with van der Waals surface area (Å²) in [5.41, 5.74) is -3.17. The van der Waals surface area contributed by atoms with Gasteiger partial charge in [-0.1, -0.05) is 28.1 Å². The Morgan fingerprint density at radius 2 is 2.06 bits per heavy atom. The Bertz CT molecular complexity index is 418. The molecule has 1 rings (SSSR count). The van der Waals surface area contributed by atoms with Crippen LogP contribution in [0.25, 0.3) is 0 Å². The number of aryl methyl sites for hydroxylation is 1. The summed E-state index contributed by atoms with van der Waals surface area (Å²) in [5.74, 6) is -0.141. The lowest BCUT2D eigenvalue weighted by Gasteiger charge is -2.11. The van der Waals surface area contributed by atoms with Crippen molar-refractivity contribution >= 4 is 33.5 Å². The zero-order chi connectivity index (χ0) is 13.1. The number of rotatable bonds is 4. The maximum Gasteiger partial charge on any atom is 0.446 e. The number of hydrogen-bond acceptors (Lipinski definition) is 2. The van der Waals surface area contributed by atoms with Gasteiger partial charge in [-0.3, -0.25) is 4.79 Å². The Kier molecular flexibility index (Phi) is 5.06. The minimum atomic E-state index is -4.33. The van der Waals surface area contributed by atoms with Crippen LogP contribution in [0.3, 0.4) is 0 Å². The van der Waals surface area contributed by atoms with E-state index in [4.69, 9.17) is 0 Å². The molecule has 0 heterocycles. The van der Waals surface area contributed by atoms with Crippen LogP contribution in [0.4, 0.5) is 13.2 Å². The van der Waals surface area contributed by atoms with Gasteiger partial charge in [-0.15, -0.1) is 0 Å². The molecule has 0 aliphatic rings. The van der Waals surface area contributed by atoms with Crippen LogP contribution < -0.4 is 0 Å². The number of carbonyl (C=O) groups is 1. The SMILES string of the molecule is Cc1ccc(CC(=O)CBr)c(SC(F)(F)F)c1. The van der Waals surface area contributed by atoms with Crippen LogP contribution in [0, 0.1) is 6.92 Å². The summed E-state index contributed by atoms with van der Waals surface area (Å²) in [5, 5.41) is 0.150. The second-order valence-corrected chi connectivity index (χ2v) is 5.18. The molecule has 0 amide bonds. The van der Waals surface area contributed by atoms with E-state index in [0.29, 0.717) is 5.56 Å². The topological polar surface area (TPSA) is 17.1 Å². The first kappa shape index (κ1) is 14.6. The summed E-state index contributed by atoms with van der Waals surface area (Å²) < 4.78 is 37.0. The van der Waals surface area contributed by atoms with Gasteiger partial charge in [0.05, 0.1) is 5.33 Å². The molecule has 0 spiro atoms. The van der Waals surface area contributed by atoms with Crippen LogP contribution in [0.5, 0.6) is 0 Å². The van der Waals surface area contributed by atoms with Crippen molar-refractivity contribution in [3.63, 3.8) is 0 Å². The maximum absolute atomic E-state index is 12.3. The molecular weight excluding hydrogens is 317 g/mol. The van der Waals surface area contributed by atoms with E-state index in [2.05, 4.69) is 15.9 Å². The highest BCUT2D eigenvalue weighted by molar-refractivity contribution is 9.09. The van der Waals surface area contributed by atoms with E-state index in [1.807, 2.05) is 0 Å². The summed E-state index contributed by atoms with van der Waals surface area (Å²) in [4.78, 5) is 11.4. The highest BCUT2D eigenvalue weighted by Crippen LogP contribution is 2.39. The van der Waals surface area contributed by atoms with Crippen LogP contribution in [0.15, 0.2) is 23.1 Å². The third-order valence-electron chi connectivity index (χ3n) is 1.99. The molecule has 0 saturated carbocycles. The average Bonchev–Trinajstić information content (AvgIpc) is 2.19. The molecule has 0 radical (unpaired) electrons. The maximum atomic E-state index is 12.3. The van der Waals surface area contributed by atoms with Gasteiger partial charge in [-0.25, -0.2) is 0 Å². The standard InChI is InChI=1S/C11H10BrF3OS/c1-7-2-3-8(5-9(16)6-12)10(4-7)17-11(13,14)15/h2-4H,5-6H2,1H3. The van der Waals surface area contributed by atoms with Gasteiger partial charge < -0.3 is 0 Å². The van der Waals surface area contributed by atoms with Crippen LogP contribution in [-0.4, -0.2) is 16.6 Å². The third-order valence-corrected chi connectivity index (χ3v) is 3.44. The molecule has 0 atom stereocenters. The molecule has 0 saturated heterocycles. The third kappa shape index (κ3) is 5.12. The van der Waals surface area contributed by atoms with Crippen molar-refractivity contribution in [3.8, 4) is 0 Å². The Labute approximate surface area is 110 Å². The van der Waals surface area contributed by atoms with Crippen LogP contribution in [0.1, 0.15) is 11.1 Å². The molecule has 0 N–H and O–H groups in total. The van der Waals surface area contributed by atoms with Gasteiger partial charge in [-0.05, 0) is 35.9 Å². The summed E-state index contributed by atoms with van der Waals surface area (Å²) in [6.07, 6.45) is 0.0178. The molecule has 1 nitrogen and oxygen atoms in total. The monoisotopic (exact) mass is 326 g/mol. The van der Waals surface area contributed by atoms with E-state index < -0.39 is 5.51 Å². The van der Waals surface area contributed by atoms with Crippen molar-refractivity contribution in [2.75, 3.05) is 5.33 Å². The zero-order valence-corrected chi connectivity index (χ0v) is 11.4. The number of benzene rings is 1. The molecule has 0 aliphatic heterocycles. The van der Waals surface area contributed by atoms with Crippen molar-refractivity contribution in [2.24, 2.45) is 0 Å². The van der Waals surface area contributed by atoms with Gasteiger partial charge in [0.1, 0.15) is 5.78 Å². The second-order valence-electron chi connectivity index (χ2n) is 3.51. The number of ketones is 1. The minimum absolute atomic E-state index is 0.0178. The van der Waals surface area contributed by atoms with Crippen LogP contribution in [-0.2, 0) is 11.2 Å². The first-order chi connectivity index (χ1) is 7.81. The predicted molar refractivity (Wildman–Crippen MR) is 65.6 cm³/mol. The molecule has 0 unspecified atom stereocenters. The van der Waals surface area contributed by atoms with Crippen molar-refractivity contribution < 1.29 is 18.0 Å². The molecule has 0 fully saturated rings. The Balaban J connectivity index is 2.99. The molecule has 0 bridgehead atoms. The Morgan fingerprint density at radius 1 is 1.41 bits per heavy atom. The van der Waals surface area contributed by atoms with E-state index in [9.17, 15) is 18.0 Å². The molecule has 0 aliphatic carbocycles. The van der Waals surface area contributed by atoms with E-state index >= 15 is 0 Å². The molecule has 1 aromatic carbocycles. The second kappa shape index (κ2) is 5.91. The fraction of sp³-hybridized carbons (Fsp3) is 0.364. The molecular formula is C11H10BrF3OS. The summed E-state index contributed by atoms with van der Waals surface area (Å²) in [6.45, 7) is 1.72. The van der Waals surface area contributed by atoms with Gasteiger partial charge in [0.25, 0.3) is 0 Å². The molecule has 17 heavy (non-hydrogen) atoms. The number of thioether (sulfide) groups is 1. The van der Waals surface area contributed by atoms with E-state index in [1.54, 1.807) is 19.1 Å². The van der Waals surface area contributed by atoms with E-state index in [-0.39, 0.29) is 34.2 Å². The fourth-order valence-corrected chi connectivity index (χ4v) is 2.25. The summed E-state index contributed by atoms with van der Waals surface area (Å²) in [7, 11) is 0. The number of alkyl halides is 4. The first-order valence-corrected chi connectivity index (χ1v) is 6.68. The molecule has 94 valence electrons. The summed E-state index contributed by atoms with van der Waals surface area (Å²) in [6, 6.07) is 4.73. The van der Waals surface area contributed by atoms with Crippen molar-refractivity contribution in [1.82, 2.24) is 0 Å². The quantitative estimate of drug-likeness (QED) is 0.611. The highest BCUT2D eigenvalue weighted by Gasteiger charge is 2.30. The lowest BCUT2D eigenvalue weighted by molar-refractivity contribution is -0.115. The predicted octanol–water partition coefficient (Wildman–Crippen LogP) is 4.11. The lowest BCUT2D eigenvalue weighted by atomic mass is 10.1. The highest BCUT2D eigenvalue weighted by atomic mass is 79.9. The van der Waals surface area contributed by atoms with Crippen molar-refractivity contribution in [2.45, 2.75) is 23.7 Å². The Morgan fingerprint density at radius 3 is 2.59 bits per heavy atom. The number of hydrogen-bond donors (Lipinski definition) is 0. The van der Waals surface area contributed by atoms with Crippen LogP contribution >= 0.6 is 27.7 Å². The lowest BCUT2D eigenvalue weighted by Crippen LogP contribution is -2.07. The first-order valence-electron chi connectivity index (χ1n) is 4.75. The van der Waals surface area contributed by atoms with Crippen molar-refractivity contribution in [1.29, 1.82) is 0 Å². The number of carbonyl (C=O) groups excluding carboxylic acids is 1. The van der Waals surface area contributed by atoms with Gasteiger partial charge >= 0.3 is 5.51 Å². The zero-order valence-electron chi connectivity index (χ0n) is 8.97. The van der Waals surface area contributed by atoms with Gasteiger partial charge in [0.2, 0.25) is 0 Å². The molecule has 1 aromatic rings. The van der Waals surface area contributed by atoms with Gasteiger partial charge in [0, 0.05) is 11.3 Å². The Hall–Kier alpha value is -0.490. The molecule has 6 heteroatoms. The minimum Gasteiger partial charge on any atom is -0.298 e. The van der Waals surface area contributed by atoms with E-state index in [0.717, 1.165) is 5.56 Å². The molecule has 0 aromatic heterocycles. The van der Waals surface area contributed by atoms with Gasteiger partial charge in [0.15, 0.2) is 0 Å². The largest absolute Gasteiger partial charge is 0.446 e. The number of halogens is 4. The van der Waals surface area contributed by atoms with Gasteiger partial charge in [-0.2, -0.15) is 13.2 Å². The van der Waals surface area contributed by atoms with Crippen LogP contribution in [0.2, 0.25) is 0 Å². The van der Waals surface area contributed by atoms with E-state index in [1.165, 1.54) is 6.07 Å². The van der Waals surface area contributed by atoms with Crippen molar-refractivity contribution in [3.05, 3.63) is 29.3 Å². The summed E-state index contributed by atoms with van der Waals surface area (Å²) >= 11 is 2.82. The number of Topliss-reactive ketones (excluding diaryl/α,β-unsaturated/α-hetero) is 1. The normalized spacial score (nSPS) is 11.6. The fourth-order valence-electron chi connectivity index (χ4n) is 1.29. The average molecular weight is 327 g/mol.